The van der Waals surface area contributed by atoms with Crippen molar-refractivity contribution in [1.29, 1.82) is 0 Å². The molecule has 0 radical (unpaired) electrons. The number of oxazole rings is 1. The molecule has 2 aromatic heterocycles. The molecule has 78 valence electrons. The van der Waals surface area contributed by atoms with Crippen LogP contribution >= 0.6 is 0 Å². The molecule has 0 amide bonds. The lowest BCUT2D eigenvalue weighted by atomic mass is 10.2. The summed E-state index contributed by atoms with van der Waals surface area (Å²) in [7, 11) is 0. The summed E-state index contributed by atoms with van der Waals surface area (Å²) < 4.78 is 5.60. The number of aromatic nitrogens is 2. The standard InChI is InChI=1S/C12H9N3O/c13-11-8(4-3-7-14-11)12-15-9-5-1-2-6-10(9)16-12/h1-7H,(H2,13,14). The van der Waals surface area contributed by atoms with Crippen LogP contribution < -0.4 is 5.73 Å². The lowest BCUT2D eigenvalue weighted by Gasteiger charge is -1.97. The SMILES string of the molecule is Nc1ncccc1-c1nc2ccccc2o1. The largest absolute Gasteiger partial charge is 0.436 e. The number of benzene rings is 1. The summed E-state index contributed by atoms with van der Waals surface area (Å²) in [6, 6.07) is 11.2. The zero-order valence-corrected chi connectivity index (χ0v) is 8.42. The lowest BCUT2D eigenvalue weighted by Crippen LogP contribution is -1.92. The van der Waals surface area contributed by atoms with E-state index in [2.05, 4.69) is 9.97 Å². The first kappa shape index (κ1) is 8.91. The van der Waals surface area contributed by atoms with Crippen LogP contribution in [0.1, 0.15) is 0 Å². The predicted octanol–water partition coefficient (Wildman–Crippen LogP) is 2.47. The Kier molecular flexibility index (Phi) is 1.86. The van der Waals surface area contributed by atoms with E-state index < -0.39 is 0 Å². The van der Waals surface area contributed by atoms with E-state index in [1.165, 1.54) is 0 Å². The molecule has 0 unspecified atom stereocenters. The zero-order valence-electron chi connectivity index (χ0n) is 8.42. The van der Waals surface area contributed by atoms with Crippen molar-refractivity contribution in [3.63, 3.8) is 0 Å². The Morgan fingerprint density at radius 2 is 1.94 bits per heavy atom. The van der Waals surface area contributed by atoms with Crippen LogP contribution in [0.15, 0.2) is 47.0 Å². The maximum absolute atomic E-state index is 5.76. The summed E-state index contributed by atoms with van der Waals surface area (Å²) in [6.45, 7) is 0. The first-order valence-corrected chi connectivity index (χ1v) is 4.91. The Balaban J connectivity index is 2.23. The van der Waals surface area contributed by atoms with Crippen LogP contribution in [0.5, 0.6) is 0 Å². The highest BCUT2D eigenvalue weighted by Crippen LogP contribution is 2.26. The Morgan fingerprint density at radius 1 is 1.06 bits per heavy atom. The number of anilines is 1. The summed E-state index contributed by atoms with van der Waals surface area (Å²) in [5.41, 5.74) is 8.06. The van der Waals surface area contributed by atoms with Gasteiger partial charge in [0.1, 0.15) is 11.3 Å². The molecule has 2 N–H and O–H groups in total. The molecule has 0 spiro atoms. The average Bonchev–Trinajstić information content (AvgIpc) is 2.73. The fourth-order valence-corrected chi connectivity index (χ4v) is 1.59. The van der Waals surface area contributed by atoms with Crippen molar-refractivity contribution in [1.82, 2.24) is 9.97 Å². The number of rotatable bonds is 1. The highest BCUT2D eigenvalue weighted by Gasteiger charge is 2.10. The van der Waals surface area contributed by atoms with Crippen molar-refractivity contribution in [2.75, 3.05) is 5.73 Å². The maximum Gasteiger partial charge on any atom is 0.231 e. The molecule has 16 heavy (non-hydrogen) atoms. The smallest absolute Gasteiger partial charge is 0.231 e. The molecule has 0 aliphatic heterocycles. The van der Waals surface area contributed by atoms with Crippen molar-refractivity contribution in [3.05, 3.63) is 42.6 Å². The van der Waals surface area contributed by atoms with Crippen molar-refractivity contribution < 1.29 is 4.42 Å². The molecular weight excluding hydrogens is 202 g/mol. The van der Waals surface area contributed by atoms with Gasteiger partial charge in [-0.05, 0) is 24.3 Å². The fourth-order valence-electron chi connectivity index (χ4n) is 1.59. The van der Waals surface area contributed by atoms with Gasteiger partial charge < -0.3 is 10.2 Å². The summed E-state index contributed by atoms with van der Waals surface area (Å²) in [5.74, 6) is 0.931. The van der Waals surface area contributed by atoms with E-state index in [-0.39, 0.29) is 0 Å². The molecule has 3 rings (SSSR count). The van der Waals surface area contributed by atoms with Crippen molar-refractivity contribution in [2.24, 2.45) is 0 Å². The number of nitrogens with two attached hydrogens (primary N) is 1. The van der Waals surface area contributed by atoms with E-state index in [4.69, 9.17) is 10.2 Å². The van der Waals surface area contributed by atoms with Crippen molar-refractivity contribution in [2.45, 2.75) is 0 Å². The number of nitrogens with zero attached hydrogens (tertiary/aromatic N) is 2. The van der Waals surface area contributed by atoms with E-state index in [9.17, 15) is 0 Å². The first-order valence-electron chi connectivity index (χ1n) is 4.91. The number of fused-ring (bicyclic) bond motifs is 1. The van der Waals surface area contributed by atoms with E-state index in [1.807, 2.05) is 30.3 Å². The van der Waals surface area contributed by atoms with E-state index in [1.54, 1.807) is 12.3 Å². The second-order valence-electron chi connectivity index (χ2n) is 3.42. The van der Waals surface area contributed by atoms with Gasteiger partial charge in [-0.3, -0.25) is 0 Å². The van der Waals surface area contributed by atoms with Crippen molar-refractivity contribution >= 4 is 16.9 Å². The molecule has 3 aromatic rings. The normalized spacial score (nSPS) is 10.8. The second kappa shape index (κ2) is 3.34. The van der Waals surface area contributed by atoms with Crippen LogP contribution in [0.4, 0.5) is 5.82 Å². The summed E-state index contributed by atoms with van der Waals surface area (Å²) in [6.07, 6.45) is 1.64. The van der Waals surface area contributed by atoms with E-state index in [0.29, 0.717) is 11.7 Å². The van der Waals surface area contributed by atoms with Crippen LogP contribution in [-0.2, 0) is 0 Å². The first-order chi connectivity index (χ1) is 7.84. The van der Waals surface area contributed by atoms with Gasteiger partial charge in [-0.2, -0.15) is 0 Å². The highest BCUT2D eigenvalue weighted by atomic mass is 16.3. The number of hydrogen-bond donors (Lipinski definition) is 1. The molecular formula is C12H9N3O. The number of nitrogen functional groups attached to an aromatic ring is 1. The Bertz CT molecular complexity index is 612. The van der Waals surface area contributed by atoms with Gasteiger partial charge in [-0.1, -0.05) is 12.1 Å². The molecule has 0 atom stereocenters. The van der Waals surface area contributed by atoms with Crippen LogP contribution in [0.2, 0.25) is 0 Å². The van der Waals surface area contributed by atoms with Gasteiger partial charge in [0.15, 0.2) is 5.58 Å². The lowest BCUT2D eigenvalue weighted by molar-refractivity contribution is 0.620. The monoisotopic (exact) mass is 211 g/mol. The topological polar surface area (TPSA) is 64.9 Å². The quantitative estimate of drug-likeness (QED) is 0.671. The Morgan fingerprint density at radius 3 is 2.75 bits per heavy atom. The molecule has 4 nitrogen and oxygen atoms in total. The minimum absolute atomic E-state index is 0.425. The molecule has 0 saturated heterocycles. The molecule has 2 heterocycles. The predicted molar refractivity (Wildman–Crippen MR) is 61.7 cm³/mol. The summed E-state index contributed by atoms with van der Waals surface area (Å²) in [5, 5.41) is 0. The van der Waals surface area contributed by atoms with E-state index >= 15 is 0 Å². The molecule has 0 saturated carbocycles. The Hall–Kier alpha value is -2.36. The molecule has 1 aromatic carbocycles. The van der Waals surface area contributed by atoms with Crippen LogP contribution in [0.25, 0.3) is 22.6 Å². The van der Waals surface area contributed by atoms with Gasteiger partial charge in [-0.25, -0.2) is 9.97 Å². The molecule has 0 bridgehead atoms. The van der Waals surface area contributed by atoms with Gasteiger partial charge in [-0.15, -0.1) is 0 Å². The minimum atomic E-state index is 0.425. The minimum Gasteiger partial charge on any atom is -0.436 e. The van der Waals surface area contributed by atoms with Gasteiger partial charge in [0.2, 0.25) is 5.89 Å². The zero-order chi connectivity index (χ0) is 11.0. The fraction of sp³-hybridized carbons (Fsp3) is 0. The molecule has 4 heteroatoms. The number of hydrogen-bond acceptors (Lipinski definition) is 4. The molecule has 0 aliphatic rings. The third-order valence-corrected chi connectivity index (χ3v) is 2.36. The van der Waals surface area contributed by atoms with Crippen LogP contribution in [-0.4, -0.2) is 9.97 Å². The third-order valence-electron chi connectivity index (χ3n) is 2.36. The highest BCUT2D eigenvalue weighted by molar-refractivity contribution is 5.78. The van der Waals surface area contributed by atoms with Crippen LogP contribution in [0.3, 0.4) is 0 Å². The van der Waals surface area contributed by atoms with Crippen LogP contribution in [0, 0.1) is 0 Å². The van der Waals surface area contributed by atoms with Gasteiger partial charge in [0, 0.05) is 6.20 Å². The third kappa shape index (κ3) is 1.32. The van der Waals surface area contributed by atoms with Gasteiger partial charge >= 0.3 is 0 Å². The molecule has 0 fully saturated rings. The van der Waals surface area contributed by atoms with E-state index in [0.717, 1.165) is 16.7 Å². The molecule has 0 aliphatic carbocycles. The van der Waals surface area contributed by atoms with Crippen molar-refractivity contribution in [3.8, 4) is 11.5 Å². The maximum atomic E-state index is 5.76. The second-order valence-corrected chi connectivity index (χ2v) is 3.42. The van der Waals surface area contributed by atoms with Gasteiger partial charge in [0.25, 0.3) is 0 Å². The summed E-state index contributed by atoms with van der Waals surface area (Å²) >= 11 is 0. The van der Waals surface area contributed by atoms with Gasteiger partial charge in [0.05, 0.1) is 5.56 Å². The number of pyridine rings is 1. The number of para-hydroxylation sites is 2. The average molecular weight is 211 g/mol. The summed E-state index contributed by atoms with van der Waals surface area (Å²) in [4.78, 5) is 8.36. The Labute approximate surface area is 91.7 Å².